The van der Waals surface area contributed by atoms with E-state index in [0.29, 0.717) is 48.7 Å². The Morgan fingerprint density at radius 3 is 2.32 bits per heavy atom. The van der Waals surface area contributed by atoms with Gasteiger partial charge in [0.15, 0.2) is 12.2 Å². The molecule has 1 aliphatic heterocycles. The van der Waals surface area contributed by atoms with Crippen LogP contribution in [-0.2, 0) is 35.7 Å². The first-order chi connectivity index (χ1) is 25.5. The van der Waals surface area contributed by atoms with Crippen molar-refractivity contribution in [2.75, 3.05) is 19.6 Å². The average molecular weight is 767 g/mol. The molecule has 3 N–H and O–H groups in total. The third-order valence-corrected chi connectivity index (χ3v) is 12.0. The Morgan fingerprint density at radius 2 is 1.68 bits per heavy atom. The van der Waals surface area contributed by atoms with E-state index in [2.05, 4.69) is 20.3 Å². The van der Waals surface area contributed by atoms with Crippen LogP contribution >= 0.6 is 11.6 Å². The molecule has 3 aromatic rings. The number of piperazine rings is 1. The van der Waals surface area contributed by atoms with E-state index in [4.69, 9.17) is 16.0 Å². The molecule has 0 radical (unpaired) electrons. The highest BCUT2D eigenvalue weighted by atomic mass is 35.5. The summed E-state index contributed by atoms with van der Waals surface area (Å²) in [5.41, 5.74) is 1.56. The molecule has 0 spiro atoms. The van der Waals surface area contributed by atoms with Crippen molar-refractivity contribution in [3.63, 3.8) is 0 Å². The van der Waals surface area contributed by atoms with Gasteiger partial charge in [-0.1, -0.05) is 56.3 Å². The van der Waals surface area contributed by atoms with Gasteiger partial charge in [-0.3, -0.25) is 24.1 Å². The van der Waals surface area contributed by atoms with Crippen LogP contribution in [0.4, 0.5) is 0 Å². The lowest BCUT2D eigenvalue weighted by Crippen LogP contribution is -2.64. The van der Waals surface area contributed by atoms with Crippen LogP contribution in [0.1, 0.15) is 70.3 Å². The molecule has 0 bridgehead atoms. The normalized spacial score (nSPS) is 19.7. The van der Waals surface area contributed by atoms with Gasteiger partial charge < -0.3 is 20.0 Å². The number of nitrogens with one attached hydrogen (secondary N) is 3. The van der Waals surface area contributed by atoms with Crippen LogP contribution in [0.2, 0.25) is 5.02 Å². The van der Waals surface area contributed by atoms with Crippen molar-refractivity contribution in [3.8, 4) is 11.3 Å². The fourth-order valence-corrected chi connectivity index (χ4v) is 8.54. The number of halogens is 1. The number of sulfonamides is 1. The molecule has 53 heavy (non-hydrogen) atoms. The van der Waals surface area contributed by atoms with Crippen LogP contribution in [0.5, 0.6) is 0 Å². The molecule has 2 aliphatic carbocycles. The summed E-state index contributed by atoms with van der Waals surface area (Å²) < 4.78 is 35.7. The van der Waals surface area contributed by atoms with Crippen LogP contribution in [0.15, 0.2) is 70.4 Å². The molecule has 284 valence electrons. The van der Waals surface area contributed by atoms with Gasteiger partial charge in [-0.2, -0.15) is 4.72 Å². The topological polar surface area (TPSA) is 171 Å². The van der Waals surface area contributed by atoms with Gasteiger partial charge in [0.2, 0.25) is 27.6 Å². The summed E-state index contributed by atoms with van der Waals surface area (Å²) >= 11 is 6.13. The van der Waals surface area contributed by atoms with Crippen LogP contribution in [0, 0.1) is 5.92 Å². The Balaban J connectivity index is 1.23. The average Bonchev–Trinajstić information content (AvgIpc) is 3.81. The number of hydrogen-bond donors (Lipinski definition) is 3. The number of oxazole rings is 1. The molecule has 1 aromatic heterocycles. The molecule has 2 aromatic carbocycles. The SMILES string of the molecule is CCC[C@H](NC(=O)[C@H]1CN(C(=O)[C@@H](NS(=O)(=O)c2ccc(-c3cnco3)cc2)C2CCCCC2)CCN1Cc1ccc(Cl)cc1)C(=O)C(=O)NC1CC1. The standard InChI is InChI=1S/C38H47ClN6O7S/c1-2-6-31(35(46)37(48)41-29-15-16-29)42-36(47)32-23-45(20-19-44(32)22-25-9-13-28(39)14-10-25)38(49)34(27-7-4-3-5-8-27)43-53(50,51)30-17-11-26(12-18-30)33-21-40-24-52-33/h9-14,17-18,21,24,27,29,31-32,34,43H,2-8,15-16,19-20,22-23H2,1H3,(H,41,48)(H,42,47)/t31-,32+,34-/m0/s1. The molecule has 2 heterocycles. The quantitative estimate of drug-likeness (QED) is 0.193. The van der Waals surface area contributed by atoms with Crippen molar-refractivity contribution in [1.29, 1.82) is 0 Å². The van der Waals surface area contributed by atoms with Gasteiger partial charge >= 0.3 is 0 Å². The Hall–Kier alpha value is -4.11. The summed E-state index contributed by atoms with van der Waals surface area (Å²) in [5, 5.41) is 6.14. The number of Topliss-reactive ketones (excluding diaryl/α,β-unsaturated/α-hetero) is 1. The number of carbonyl (C=O) groups is 4. The summed E-state index contributed by atoms with van der Waals surface area (Å²) in [6.07, 6.45) is 9.46. The minimum atomic E-state index is -4.13. The summed E-state index contributed by atoms with van der Waals surface area (Å²) in [7, 11) is -4.13. The van der Waals surface area contributed by atoms with Gasteiger partial charge in [-0.05, 0) is 80.0 Å². The van der Waals surface area contributed by atoms with Crippen LogP contribution in [-0.4, -0.2) is 90.5 Å². The maximum atomic E-state index is 14.5. The fraction of sp³-hybridized carbons (Fsp3) is 0.500. The predicted octanol–water partition coefficient (Wildman–Crippen LogP) is 4.07. The zero-order valence-electron chi connectivity index (χ0n) is 29.8. The number of amides is 3. The Labute approximate surface area is 315 Å². The zero-order valence-corrected chi connectivity index (χ0v) is 31.4. The molecule has 13 nitrogen and oxygen atoms in total. The maximum absolute atomic E-state index is 14.5. The number of aromatic nitrogens is 1. The Morgan fingerprint density at radius 1 is 0.962 bits per heavy atom. The molecular weight excluding hydrogens is 720 g/mol. The van der Waals surface area contributed by atoms with Gasteiger partial charge in [0.25, 0.3) is 5.91 Å². The number of carbonyl (C=O) groups excluding carboxylic acids is 4. The molecule has 1 saturated heterocycles. The largest absolute Gasteiger partial charge is 0.444 e. The number of ketones is 1. The Bertz CT molecular complexity index is 1850. The summed E-state index contributed by atoms with van der Waals surface area (Å²) in [6.45, 7) is 2.78. The van der Waals surface area contributed by atoms with E-state index in [0.717, 1.165) is 37.7 Å². The smallest absolute Gasteiger partial charge is 0.289 e. The van der Waals surface area contributed by atoms with Crippen molar-refractivity contribution in [1.82, 2.24) is 30.1 Å². The second kappa shape index (κ2) is 17.4. The lowest BCUT2D eigenvalue weighted by Gasteiger charge is -2.43. The lowest BCUT2D eigenvalue weighted by atomic mass is 9.83. The van der Waals surface area contributed by atoms with E-state index in [9.17, 15) is 27.6 Å². The Kier molecular flexibility index (Phi) is 12.6. The van der Waals surface area contributed by atoms with Gasteiger partial charge in [-0.25, -0.2) is 13.4 Å². The van der Waals surface area contributed by atoms with Crippen LogP contribution in [0.3, 0.4) is 0 Å². The van der Waals surface area contributed by atoms with Gasteiger partial charge in [-0.15, -0.1) is 0 Å². The summed E-state index contributed by atoms with van der Waals surface area (Å²) in [4.78, 5) is 62.0. The molecular formula is C38H47ClN6O7S. The molecule has 3 fully saturated rings. The predicted molar refractivity (Wildman–Crippen MR) is 198 cm³/mol. The second-order valence-electron chi connectivity index (χ2n) is 14.2. The van der Waals surface area contributed by atoms with E-state index >= 15 is 0 Å². The first-order valence-corrected chi connectivity index (χ1v) is 20.3. The number of rotatable bonds is 15. The molecule has 3 amide bonds. The van der Waals surface area contributed by atoms with E-state index in [1.807, 2.05) is 24.0 Å². The third-order valence-electron chi connectivity index (χ3n) is 10.3. The molecule has 6 rings (SSSR count). The molecule has 3 atom stereocenters. The molecule has 0 unspecified atom stereocenters. The highest BCUT2D eigenvalue weighted by Crippen LogP contribution is 2.30. The summed E-state index contributed by atoms with van der Waals surface area (Å²) in [6, 6.07) is 10.5. The van der Waals surface area contributed by atoms with Gasteiger partial charge in [0, 0.05) is 42.8 Å². The molecule has 15 heteroatoms. The van der Waals surface area contributed by atoms with Crippen molar-refractivity contribution < 1.29 is 32.0 Å². The van der Waals surface area contributed by atoms with Crippen molar-refractivity contribution >= 4 is 45.1 Å². The summed E-state index contributed by atoms with van der Waals surface area (Å²) in [5.74, 6) is -2.01. The zero-order chi connectivity index (χ0) is 37.5. The lowest BCUT2D eigenvalue weighted by molar-refractivity contribution is -0.143. The van der Waals surface area contributed by atoms with Crippen molar-refractivity contribution in [3.05, 3.63) is 71.7 Å². The minimum absolute atomic E-state index is 0.00890. The van der Waals surface area contributed by atoms with E-state index in [1.165, 1.54) is 24.7 Å². The number of hydrogen-bond acceptors (Lipinski definition) is 9. The van der Waals surface area contributed by atoms with E-state index in [-0.39, 0.29) is 36.4 Å². The van der Waals surface area contributed by atoms with Crippen LogP contribution < -0.4 is 15.4 Å². The molecule has 2 saturated carbocycles. The van der Waals surface area contributed by atoms with E-state index in [1.54, 1.807) is 29.2 Å². The monoisotopic (exact) mass is 766 g/mol. The fourth-order valence-electron chi connectivity index (χ4n) is 7.16. The first kappa shape index (κ1) is 38.6. The third kappa shape index (κ3) is 9.91. The second-order valence-corrected chi connectivity index (χ2v) is 16.4. The minimum Gasteiger partial charge on any atom is -0.444 e. The van der Waals surface area contributed by atoms with Crippen molar-refractivity contribution in [2.45, 2.75) is 100 Å². The van der Waals surface area contributed by atoms with Gasteiger partial charge in [0.1, 0.15) is 12.1 Å². The first-order valence-electron chi connectivity index (χ1n) is 18.5. The molecule has 3 aliphatic rings. The number of benzene rings is 2. The van der Waals surface area contributed by atoms with Crippen molar-refractivity contribution in [2.24, 2.45) is 5.92 Å². The highest BCUT2D eigenvalue weighted by Gasteiger charge is 2.42. The van der Waals surface area contributed by atoms with Gasteiger partial charge in [0.05, 0.1) is 17.1 Å². The van der Waals surface area contributed by atoms with Crippen LogP contribution in [0.25, 0.3) is 11.3 Å². The van der Waals surface area contributed by atoms with E-state index < -0.39 is 51.7 Å². The maximum Gasteiger partial charge on any atom is 0.289 e. The highest BCUT2D eigenvalue weighted by molar-refractivity contribution is 7.89. The number of nitrogens with zero attached hydrogens (tertiary/aromatic N) is 3.